The highest BCUT2D eigenvalue weighted by molar-refractivity contribution is 7.15. The maximum atomic E-state index is 11.0. The third kappa shape index (κ3) is 2.22. The maximum absolute atomic E-state index is 11.0. The number of nitro groups is 1. The van der Waals surface area contributed by atoms with Gasteiger partial charge in [0.15, 0.2) is 0 Å². The van der Waals surface area contributed by atoms with Crippen LogP contribution < -0.4 is 10.1 Å². The minimum atomic E-state index is -0.478. The molecule has 1 atom stereocenters. The lowest BCUT2D eigenvalue weighted by Gasteiger charge is -2.10. The van der Waals surface area contributed by atoms with E-state index in [1.165, 1.54) is 15.7 Å². The number of aromatic nitrogens is 2. The number of rotatable bonds is 5. The molecular formula is C9H12N4O3S. The molecule has 92 valence electrons. The van der Waals surface area contributed by atoms with Crippen LogP contribution in [0.5, 0.6) is 5.88 Å². The molecule has 0 bridgehead atoms. The summed E-state index contributed by atoms with van der Waals surface area (Å²) >= 11 is 1.33. The minimum absolute atomic E-state index is 0.0737. The van der Waals surface area contributed by atoms with Gasteiger partial charge < -0.3 is 20.2 Å². The Hall–Kier alpha value is -1.67. The molecule has 0 spiro atoms. The summed E-state index contributed by atoms with van der Waals surface area (Å²) in [6.45, 7) is 2.43. The normalized spacial score (nSPS) is 12.8. The number of nitrogens with one attached hydrogen (secondary N) is 1. The molecule has 0 aliphatic carbocycles. The number of thiazole rings is 1. The zero-order chi connectivity index (χ0) is 12.4. The fourth-order valence-corrected chi connectivity index (χ4v) is 2.22. The molecule has 2 heterocycles. The van der Waals surface area contributed by atoms with Gasteiger partial charge in [-0.2, -0.15) is 9.38 Å². The van der Waals surface area contributed by atoms with Crippen molar-refractivity contribution in [2.24, 2.45) is 0 Å². The molecular weight excluding hydrogens is 244 g/mol. The van der Waals surface area contributed by atoms with E-state index in [-0.39, 0.29) is 17.8 Å². The maximum Gasteiger partial charge on any atom is 0.393 e. The smallest absolute Gasteiger partial charge is 0.393 e. The van der Waals surface area contributed by atoms with Gasteiger partial charge in [0.25, 0.3) is 4.96 Å². The Bertz CT molecular complexity index is 535. The Morgan fingerprint density at radius 3 is 3.18 bits per heavy atom. The van der Waals surface area contributed by atoms with Crippen molar-refractivity contribution in [3.05, 3.63) is 21.7 Å². The van der Waals surface area contributed by atoms with Crippen molar-refractivity contribution in [3.63, 3.8) is 0 Å². The lowest BCUT2D eigenvalue weighted by atomic mass is 10.4. The first-order valence-corrected chi connectivity index (χ1v) is 5.92. The van der Waals surface area contributed by atoms with Crippen molar-refractivity contribution < 1.29 is 9.66 Å². The van der Waals surface area contributed by atoms with E-state index >= 15 is 0 Å². The van der Waals surface area contributed by atoms with Crippen LogP contribution in [0.25, 0.3) is 4.96 Å². The quantitative estimate of drug-likeness (QED) is 0.644. The highest BCUT2D eigenvalue weighted by Gasteiger charge is 2.26. The first kappa shape index (κ1) is 11.8. The second kappa shape index (κ2) is 4.68. The summed E-state index contributed by atoms with van der Waals surface area (Å²) in [6, 6.07) is 0. The molecule has 17 heavy (non-hydrogen) atoms. The second-order valence-electron chi connectivity index (χ2n) is 3.54. The van der Waals surface area contributed by atoms with Crippen molar-refractivity contribution in [1.82, 2.24) is 14.7 Å². The summed E-state index contributed by atoms with van der Waals surface area (Å²) in [4.78, 5) is 15.2. The monoisotopic (exact) mass is 256 g/mol. The first-order valence-electron chi connectivity index (χ1n) is 5.04. The van der Waals surface area contributed by atoms with E-state index in [0.29, 0.717) is 11.5 Å². The number of likely N-dealkylation sites (N-methyl/N-ethyl adjacent to an activating group) is 1. The predicted molar refractivity (Wildman–Crippen MR) is 63.7 cm³/mol. The van der Waals surface area contributed by atoms with Gasteiger partial charge in [-0.15, -0.1) is 0 Å². The van der Waals surface area contributed by atoms with E-state index in [9.17, 15) is 10.1 Å². The number of hydrogen-bond acceptors (Lipinski definition) is 6. The van der Waals surface area contributed by atoms with Crippen molar-refractivity contribution >= 4 is 22.1 Å². The number of ether oxygens (including phenoxy) is 1. The van der Waals surface area contributed by atoms with E-state index in [0.717, 1.165) is 0 Å². The molecule has 1 unspecified atom stereocenters. The van der Waals surface area contributed by atoms with Crippen molar-refractivity contribution in [2.75, 3.05) is 13.6 Å². The summed E-state index contributed by atoms with van der Waals surface area (Å²) in [5.41, 5.74) is 0. The molecule has 0 amide bonds. The van der Waals surface area contributed by atoms with Gasteiger partial charge in [-0.25, -0.2) is 0 Å². The second-order valence-corrected chi connectivity index (χ2v) is 4.41. The van der Waals surface area contributed by atoms with E-state index < -0.39 is 4.92 Å². The molecule has 0 aliphatic heterocycles. The predicted octanol–water partition coefficient (Wildman–Crippen LogP) is 1.29. The van der Waals surface area contributed by atoms with Crippen LogP contribution in [0.1, 0.15) is 6.92 Å². The number of imidazole rings is 1. The van der Waals surface area contributed by atoms with Crippen LogP contribution in [0.15, 0.2) is 11.6 Å². The largest absolute Gasteiger partial charge is 0.467 e. The van der Waals surface area contributed by atoms with E-state index in [4.69, 9.17) is 4.74 Å². The summed E-state index contributed by atoms with van der Waals surface area (Å²) in [6.07, 6.45) is 1.43. The van der Waals surface area contributed by atoms with E-state index in [1.807, 2.05) is 6.92 Å². The van der Waals surface area contributed by atoms with Gasteiger partial charge in [0.05, 0.1) is 0 Å². The molecule has 8 heteroatoms. The molecule has 0 aromatic carbocycles. The summed E-state index contributed by atoms with van der Waals surface area (Å²) in [7, 11) is 1.79. The van der Waals surface area contributed by atoms with Crippen LogP contribution in [0, 0.1) is 10.1 Å². The number of fused-ring (bicyclic) bond motifs is 1. The van der Waals surface area contributed by atoms with Gasteiger partial charge in [-0.05, 0) is 18.9 Å². The zero-order valence-corrected chi connectivity index (χ0v) is 10.2. The Labute approximate surface area is 101 Å². The molecule has 0 fully saturated rings. The molecule has 0 radical (unpaired) electrons. The lowest BCUT2D eigenvalue weighted by molar-refractivity contribution is -0.391. The Morgan fingerprint density at radius 2 is 2.53 bits per heavy atom. The highest BCUT2D eigenvalue weighted by atomic mass is 32.1. The Balaban J connectivity index is 2.35. The topological polar surface area (TPSA) is 81.7 Å². The standard InChI is InChI=1S/C9H12N4O3S/c1-6(5-10-2)16-7-8(13(14)15)12-3-4-17-9(12)11-7/h3-4,6,10H,5H2,1-2H3. The van der Waals surface area contributed by atoms with Gasteiger partial charge in [-0.1, -0.05) is 11.3 Å². The van der Waals surface area contributed by atoms with Gasteiger partial charge in [-0.3, -0.25) is 0 Å². The van der Waals surface area contributed by atoms with Crippen molar-refractivity contribution in [3.8, 4) is 5.88 Å². The molecule has 1 N–H and O–H groups in total. The van der Waals surface area contributed by atoms with Gasteiger partial charge >= 0.3 is 11.7 Å². The first-order chi connectivity index (χ1) is 8.13. The molecule has 2 aromatic heterocycles. The molecule has 2 aromatic rings. The fraction of sp³-hybridized carbons (Fsp3) is 0.444. The van der Waals surface area contributed by atoms with Crippen molar-refractivity contribution in [2.45, 2.75) is 13.0 Å². The lowest BCUT2D eigenvalue weighted by Crippen LogP contribution is -2.26. The summed E-state index contributed by atoms with van der Waals surface area (Å²) in [5.74, 6) is -0.0474. The number of hydrogen-bond donors (Lipinski definition) is 1. The van der Waals surface area contributed by atoms with E-state index in [2.05, 4.69) is 10.3 Å². The van der Waals surface area contributed by atoms with Crippen LogP contribution in [-0.4, -0.2) is 34.0 Å². The number of nitrogens with zero attached hydrogens (tertiary/aromatic N) is 3. The minimum Gasteiger partial charge on any atom is -0.467 e. The average molecular weight is 256 g/mol. The van der Waals surface area contributed by atoms with Crippen LogP contribution in [-0.2, 0) is 0 Å². The SMILES string of the molecule is CNCC(C)Oc1nc2sccn2c1[N+](=O)[O-]. The fourth-order valence-electron chi connectivity index (χ4n) is 1.52. The van der Waals surface area contributed by atoms with Crippen molar-refractivity contribution in [1.29, 1.82) is 0 Å². The third-order valence-corrected chi connectivity index (χ3v) is 2.94. The van der Waals surface area contributed by atoms with Gasteiger partial charge in [0.2, 0.25) is 0 Å². The molecule has 2 rings (SSSR count). The third-order valence-electron chi connectivity index (χ3n) is 2.18. The Kier molecular flexibility index (Phi) is 3.25. The molecule has 0 saturated heterocycles. The van der Waals surface area contributed by atoms with Crippen LogP contribution in [0.4, 0.5) is 5.82 Å². The van der Waals surface area contributed by atoms with Gasteiger partial charge in [0.1, 0.15) is 12.3 Å². The highest BCUT2D eigenvalue weighted by Crippen LogP contribution is 2.30. The van der Waals surface area contributed by atoms with Crippen LogP contribution in [0.2, 0.25) is 0 Å². The van der Waals surface area contributed by atoms with E-state index in [1.54, 1.807) is 18.6 Å². The Morgan fingerprint density at radius 1 is 1.76 bits per heavy atom. The summed E-state index contributed by atoms with van der Waals surface area (Å²) < 4.78 is 6.88. The van der Waals surface area contributed by atoms with Crippen LogP contribution >= 0.6 is 11.3 Å². The average Bonchev–Trinajstić information content (AvgIpc) is 2.76. The summed E-state index contributed by atoms with van der Waals surface area (Å²) in [5, 5.41) is 15.7. The molecule has 0 aliphatic rings. The van der Waals surface area contributed by atoms with Gasteiger partial charge in [0, 0.05) is 11.9 Å². The molecule has 0 saturated carbocycles. The zero-order valence-electron chi connectivity index (χ0n) is 9.41. The molecule has 7 nitrogen and oxygen atoms in total. The van der Waals surface area contributed by atoms with Crippen LogP contribution in [0.3, 0.4) is 0 Å².